The fourth-order valence-corrected chi connectivity index (χ4v) is 3.49. The third kappa shape index (κ3) is 2.70. The molecule has 0 bridgehead atoms. The molecule has 0 aromatic carbocycles. The van der Waals surface area contributed by atoms with Crippen molar-refractivity contribution in [3.63, 3.8) is 0 Å². The normalized spacial score (nSPS) is 20.1. The minimum Gasteiger partial charge on any atom is -0.337 e. The summed E-state index contributed by atoms with van der Waals surface area (Å²) in [4.78, 5) is 14.8. The summed E-state index contributed by atoms with van der Waals surface area (Å²) in [5.74, 6) is 0.0564. The molecule has 0 N–H and O–H groups in total. The summed E-state index contributed by atoms with van der Waals surface area (Å²) in [5, 5.41) is 8.92. The number of aryl methyl sites for hydroxylation is 1. The van der Waals surface area contributed by atoms with Crippen LogP contribution in [-0.2, 0) is 0 Å². The van der Waals surface area contributed by atoms with E-state index >= 15 is 0 Å². The first-order valence-electron chi connectivity index (χ1n) is 5.56. The van der Waals surface area contributed by atoms with Crippen LogP contribution < -0.4 is 0 Å². The minimum absolute atomic E-state index is 0.00259. The van der Waals surface area contributed by atoms with Gasteiger partial charge >= 0.3 is 0 Å². The number of carbonyl (C=O) groups is 1. The number of carbonyl (C=O) groups excluding carboxylic acids is 1. The first kappa shape index (κ1) is 12.6. The van der Waals surface area contributed by atoms with Crippen LogP contribution >= 0.6 is 27.3 Å². The van der Waals surface area contributed by atoms with E-state index in [2.05, 4.69) is 22.0 Å². The lowest BCUT2D eigenvalue weighted by molar-refractivity contribution is 0.0703. The molecule has 0 radical (unpaired) electrons. The minimum atomic E-state index is -0.00259. The molecule has 0 aliphatic carbocycles. The fourth-order valence-electron chi connectivity index (χ4n) is 1.99. The first-order chi connectivity index (χ1) is 8.11. The molecule has 2 heterocycles. The van der Waals surface area contributed by atoms with Crippen molar-refractivity contribution in [1.82, 2.24) is 4.90 Å². The second-order valence-corrected chi connectivity index (χ2v) is 6.66. The Kier molecular flexibility index (Phi) is 3.85. The summed E-state index contributed by atoms with van der Waals surface area (Å²) in [6.45, 7) is 3.32. The summed E-state index contributed by atoms with van der Waals surface area (Å²) in [5.41, 5.74) is 1.09. The lowest BCUT2D eigenvalue weighted by Gasteiger charge is -2.29. The third-order valence-electron chi connectivity index (χ3n) is 2.96. The molecule has 5 heteroatoms. The topological polar surface area (TPSA) is 44.1 Å². The maximum absolute atomic E-state index is 12.2. The van der Waals surface area contributed by atoms with Crippen LogP contribution in [0.5, 0.6) is 0 Å². The number of hydrogen-bond donors (Lipinski definition) is 0. The zero-order valence-corrected chi connectivity index (χ0v) is 12.0. The van der Waals surface area contributed by atoms with Crippen LogP contribution in [-0.4, -0.2) is 23.9 Å². The zero-order chi connectivity index (χ0) is 12.4. The van der Waals surface area contributed by atoms with E-state index < -0.39 is 0 Å². The number of rotatable bonds is 1. The second kappa shape index (κ2) is 5.19. The quantitative estimate of drug-likeness (QED) is 0.799. The first-order valence-corrected chi connectivity index (χ1v) is 7.17. The van der Waals surface area contributed by atoms with E-state index in [1.54, 1.807) is 4.90 Å². The van der Waals surface area contributed by atoms with E-state index in [1.165, 1.54) is 11.3 Å². The van der Waals surface area contributed by atoms with Crippen molar-refractivity contribution in [2.45, 2.75) is 19.8 Å². The maximum atomic E-state index is 12.2. The van der Waals surface area contributed by atoms with Crippen LogP contribution in [0, 0.1) is 24.2 Å². The van der Waals surface area contributed by atoms with E-state index in [9.17, 15) is 4.79 Å². The van der Waals surface area contributed by atoms with E-state index in [1.807, 2.05) is 13.0 Å². The number of halogens is 1. The molecule has 1 unspecified atom stereocenters. The maximum Gasteiger partial charge on any atom is 0.264 e. The highest BCUT2D eigenvalue weighted by Gasteiger charge is 2.25. The summed E-state index contributed by atoms with van der Waals surface area (Å²) in [6.07, 6.45) is 1.84. The number of likely N-dealkylation sites (tertiary alicyclic amines) is 1. The van der Waals surface area contributed by atoms with E-state index in [-0.39, 0.29) is 11.8 Å². The Hall–Kier alpha value is -0.860. The molecule has 90 valence electrons. The lowest BCUT2D eigenvalue weighted by atomic mass is 9.99. The van der Waals surface area contributed by atoms with Crippen LogP contribution in [0.2, 0.25) is 0 Å². The molecular formula is C12H13BrN2OS. The van der Waals surface area contributed by atoms with Gasteiger partial charge in [0.05, 0.1) is 20.7 Å². The SMILES string of the molecule is Cc1cc(C(=O)N2CCCC(C#N)C2)sc1Br. The van der Waals surface area contributed by atoms with E-state index in [0.29, 0.717) is 6.54 Å². The lowest BCUT2D eigenvalue weighted by Crippen LogP contribution is -2.39. The third-order valence-corrected chi connectivity index (χ3v) is 5.08. The number of nitriles is 1. The van der Waals surface area contributed by atoms with Crippen molar-refractivity contribution in [2.24, 2.45) is 5.92 Å². The van der Waals surface area contributed by atoms with Gasteiger partial charge in [-0.25, -0.2) is 0 Å². The molecule has 1 amide bonds. The van der Waals surface area contributed by atoms with Gasteiger partial charge in [-0.15, -0.1) is 11.3 Å². The van der Waals surface area contributed by atoms with Crippen molar-refractivity contribution in [3.05, 3.63) is 20.3 Å². The Balaban J connectivity index is 2.12. The molecule has 17 heavy (non-hydrogen) atoms. The van der Waals surface area contributed by atoms with Gasteiger partial charge in [0, 0.05) is 13.1 Å². The summed E-state index contributed by atoms with van der Waals surface area (Å²) >= 11 is 4.90. The average molecular weight is 313 g/mol. The molecule has 1 saturated heterocycles. The molecule has 1 aromatic rings. The summed E-state index contributed by atoms with van der Waals surface area (Å²) in [6, 6.07) is 4.17. The zero-order valence-electron chi connectivity index (χ0n) is 9.57. The Labute approximate surface area is 113 Å². The monoisotopic (exact) mass is 312 g/mol. The Morgan fingerprint density at radius 3 is 3.06 bits per heavy atom. The largest absolute Gasteiger partial charge is 0.337 e. The molecule has 1 aliphatic rings. The van der Waals surface area contributed by atoms with Crippen LogP contribution in [0.3, 0.4) is 0 Å². The Morgan fingerprint density at radius 1 is 1.71 bits per heavy atom. The molecule has 2 rings (SSSR count). The number of nitrogens with zero attached hydrogens (tertiary/aromatic N) is 2. The summed E-state index contributed by atoms with van der Waals surface area (Å²) < 4.78 is 1.01. The number of thiophene rings is 1. The van der Waals surface area contributed by atoms with Crippen LogP contribution in [0.4, 0.5) is 0 Å². The van der Waals surface area contributed by atoms with Crippen LogP contribution in [0.25, 0.3) is 0 Å². The number of piperidine rings is 1. The molecular weight excluding hydrogens is 300 g/mol. The molecule has 0 spiro atoms. The molecule has 3 nitrogen and oxygen atoms in total. The Bertz CT molecular complexity index is 458. The second-order valence-electron chi connectivity index (χ2n) is 4.29. The van der Waals surface area contributed by atoms with Gasteiger partial charge in [0.15, 0.2) is 0 Å². The van der Waals surface area contributed by atoms with E-state index in [0.717, 1.165) is 33.6 Å². The van der Waals surface area contributed by atoms with Gasteiger partial charge in [-0.2, -0.15) is 5.26 Å². The van der Waals surface area contributed by atoms with Gasteiger partial charge in [-0.1, -0.05) is 0 Å². The van der Waals surface area contributed by atoms with Gasteiger partial charge in [-0.05, 0) is 47.3 Å². The highest BCUT2D eigenvalue weighted by molar-refractivity contribution is 9.11. The molecule has 1 aromatic heterocycles. The van der Waals surface area contributed by atoms with Crippen LogP contribution in [0.1, 0.15) is 28.1 Å². The highest BCUT2D eigenvalue weighted by atomic mass is 79.9. The van der Waals surface area contributed by atoms with Crippen molar-refractivity contribution >= 4 is 33.2 Å². The predicted octanol–water partition coefficient (Wildman–Crippen LogP) is 3.19. The molecule has 1 fully saturated rings. The van der Waals surface area contributed by atoms with E-state index in [4.69, 9.17) is 5.26 Å². The number of hydrogen-bond acceptors (Lipinski definition) is 3. The van der Waals surface area contributed by atoms with Gasteiger partial charge in [-0.3, -0.25) is 4.79 Å². The van der Waals surface area contributed by atoms with Crippen molar-refractivity contribution in [1.29, 1.82) is 5.26 Å². The van der Waals surface area contributed by atoms with Gasteiger partial charge < -0.3 is 4.90 Å². The van der Waals surface area contributed by atoms with Gasteiger partial charge in [0.1, 0.15) is 0 Å². The average Bonchev–Trinajstić information content (AvgIpc) is 2.69. The van der Waals surface area contributed by atoms with Crippen molar-refractivity contribution in [3.8, 4) is 6.07 Å². The van der Waals surface area contributed by atoms with Crippen LogP contribution in [0.15, 0.2) is 9.85 Å². The standard InChI is InChI=1S/C12H13BrN2OS/c1-8-5-10(17-11(8)13)12(16)15-4-2-3-9(6-14)7-15/h5,9H,2-4,7H2,1H3. The van der Waals surface area contributed by atoms with Crippen molar-refractivity contribution < 1.29 is 4.79 Å². The molecule has 1 aliphatic heterocycles. The van der Waals surface area contributed by atoms with Gasteiger partial charge in [0.2, 0.25) is 0 Å². The summed E-state index contributed by atoms with van der Waals surface area (Å²) in [7, 11) is 0. The smallest absolute Gasteiger partial charge is 0.264 e. The molecule has 1 atom stereocenters. The highest BCUT2D eigenvalue weighted by Crippen LogP contribution is 2.29. The molecule has 0 saturated carbocycles. The predicted molar refractivity (Wildman–Crippen MR) is 71.0 cm³/mol. The fraction of sp³-hybridized carbons (Fsp3) is 0.500. The van der Waals surface area contributed by atoms with Gasteiger partial charge in [0.25, 0.3) is 5.91 Å². The van der Waals surface area contributed by atoms with Crippen molar-refractivity contribution in [2.75, 3.05) is 13.1 Å². The Morgan fingerprint density at radius 2 is 2.47 bits per heavy atom. The number of amides is 1.